The number of ether oxygens (including phenoxy) is 1. The first-order chi connectivity index (χ1) is 14.5. The van der Waals surface area contributed by atoms with Crippen LogP contribution in [-0.2, 0) is 6.42 Å². The number of halogens is 3. The van der Waals surface area contributed by atoms with Gasteiger partial charge in [-0.05, 0) is 72.6 Å². The van der Waals surface area contributed by atoms with Crippen molar-refractivity contribution >= 4 is 0 Å². The van der Waals surface area contributed by atoms with Crippen molar-refractivity contribution in [1.29, 1.82) is 0 Å². The van der Waals surface area contributed by atoms with Crippen LogP contribution in [0, 0.1) is 29.5 Å². The van der Waals surface area contributed by atoms with Crippen molar-refractivity contribution in [3.05, 3.63) is 100 Å². The van der Waals surface area contributed by atoms with E-state index in [1.54, 1.807) is 18.2 Å². The van der Waals surface area contributed by atoms with E-state index in [-0.39, 0.29) is 11.6 Å². The van der Waals surface area contributed by atoms with Crippen molar-refractivity contribution in [2.24, 2.45) is 0 Å². The summed E-state index contributed by atoms with van der Waals surface area (Å²) in [7, 11) is 0. The van der Waals surface area contributed by atoms with E-state index in [9.17, 15) is 13.2 Å². The highest BCUT2D eigenvalue weighted by Gasteiger charge is 2.03. The molecule has 1 nitrogen and oxygen atoms in total. The van der Waals surface area contributed by atoms with E-state index >= 15 is 0 Å². The fourth-order valence-corrected chi connectivity index (χ4v) is 2.74. The van der Waals surface area contributed by atoms with Crippen LogP contribution in [0.1, 0.15) is 41.2 Å². The van der Waals surface area contributed by atoms with Gasteiger partial charge < -0.3 is 4.74 Å². The van der Waals surface area contributed by atoms with Crippen LogP contribution in [-0.4, -0.2) is 6.61 Å². The van der Waals surface area contributed by atoms with Gasteiger partial charge in [0.05, 0.1) is 0 Å². The van der Waals surface area contributed by atoms with Gasteiger partial charge in [-0.15, -0.1) is 0 Å². The summed E-state index contributed by atoms with van der Waals surface area (Å²) in [6, 6.07) is 18.6. The fourth-order valence-electron chi connectivity index (χ4n) is 2.74. The van der Waals surface area contributed by atoms with Gasteiger partial charge in [0, 0.05) is 22.3 Å². The predicted molar refractivity (Wildman–Crippen MR) is 112 cm³/mol. The Morgan fingerprint density at radius 1 is 0.733 bits per heavy atom. The van der Waals surface area contributed by atoms with Gasteiger partial charge in [-0.2, -0.15) is 8.78 Å². The van der Waals surface area contributed by atoms with Gasteiger partial charge in [0.2, 0.25) is 0 Å². The molecule has 0 radical (unpaired) electrons. The largest absolute Gasteiger partial charge is 0.435 e. The summed E-state index contributed by atoms with van der Waals surface area (Å²) >= 11 is 0. The molecule has 0 aromatic heterocycles. The van der Waals surface area contributed by atoms with Gasteiger partial charge in [-0.25, -0.2) is 4.39 Å². The molecule has 0 saturated heterocycles. The molecule has 0 unspecified atom stereocenters. The van der Waals surface area contributed by atoms with Crippen molar-refractivity contribution < 1.29 is 17.9 Å². The van der Waals surface area contributed by atoms with Crippen molar-refractivity contribution in [3.63, 3.8) is 0 Å². The molecule has 3 aromatic carbocycles. The standard InChI is InChI=1S/C26H19F3O/c1-2-3-23-15-12-22(18-25(23)27)11-10-20-6-4-19(5-7-20)8-9-21-13-16-24(17-14-21)30-26(28)29/h4-7,12-18,26H,2-3H2,1H3. The predicted octanol–water partition coefficient (Wildman–Crippen LogP) is 6.18. The molecule has 0 spiro atoms. The van der Waals surface area contributed by atoms with Crippen LogP contribution in [0.5, 0.6) is 5.75 Å². The van der Waals surface area contributed by atoms with Gasteiger partial charge >= 0.3 is 6.61 Å². The Morgan fingerprint density at radius 3 is 1.67 bits per heavy atom. The minimum Gasteiger partial charge on any atom is -0.435 e. The third kappa shape index (κ3) is 6.19. The number of alkyl halides is 2. The number of hydrogen-bond donors (Lipinski definition) is 0. The zero-order valence-corrected chi connectivity index (χ0v) is 16.4. The van der Waals surface area contributed by atoms with E-state index in [2.05, 4.69) is 28.4 Å². The second-order valence-corrected chi connectivity index (χ2v) is 6.54. The number of aryl methyl sites for hydroxylation is 1. The van der Waals surface area contributed by atoms with Crippen molar-refractivity contribution in [1.82, 2.24) is 0 Å². The van der Waals surface area contributed by atoms with Crippen LogP contribution < -0.4 is 4.74 Å². The minimum absolute atomic E-state index is 0.0957. The summed E-state index contributed by atoms with van der Waals surface area (Å²) in [6.45, 7) is -0.828. The topological polar surface area (TPSA) is 9.23 Å². The van der Waals surface area contributed by atoms with Gasteiger partial charge in [0.25, 0.3) is 0 Å². The van der Waals surface area contributed by atoms with Crippen LogP contribution in [0.15, 0.2) is 66.7 Å². The lowest BCUT2D eigenvalue weighted by atomic mass is 10.1. The summed E-state index contributed by atoms with van der Waals surface area (Å²) in [4.78, 5) is 0. The average Bonchev–Trinajstić information content (AvgIpc) is 2.74. The van der Waals surface area contributed by atoms with Gasteiger partial charge in [0.1, 0.15) is 11.6 Å². The van der Waals surface area contributed by atoms with Crippen LogP contribution >= 0.6 is 0 Å². The molecule has 0 aliphatic rings. The van der Waals surface area contributed by atoms with E-state index in [0.29, 0.717) is 16.7 Å². The molecule has 3 rings (SSSR count). The highest BCUT2D eigenvalue weighted by molar-refractivity contribution is 5.48. The molecular weight excluding hydrogens is 385 g/mol. The number of benzene rings is 3. The molecule has 30 heavy (non-hydrogen) atoms. The van der Waals surface area contributed by atoms with Gasteiger partial charge in [0.15, 0.2) is 0 Å². The van der Waals surface area contributed by atoms with E-state index in [0.717, 1.165) is 24.0 Å². The second-order valence-electron chi connectivity index (χ2n) is 6.54. The first-order valence-corrected chi connectivity index (χ1v) is 9.51. The monoisotopic (exact) mass is 404 g/mol. The lowest BCUT2D eigenvalue weighted by Crippen LogP contribution is -2.01. The van der Waals surface area contributed by atoms with E-state index < -0.39 is 6.61 Å². The van der Waals surface area contributed by atoms with Gasteiger partial charge in [-0.1, -0.05) is 43.1 Å². The molecule has 0 amide bonds. The third-order valence-electron chi connectivity index (χ3n) is 4.24. The number of hydrogen-bond acceptors (Lipinski definition) is 1. The lowest BCUT2D eigenvalue weighted by Gasteiger charge is -2.03. The average molecular weight is 404 g/mol. The van der Waals surface area contributed by atoms with Crippen molar-refractivity contribution in [2.45, 2.75) is 26.4 Å². The van der Waals surface area contributed by atoms with E-state index in [1.165, 1.54) is 18.2 Å². The van der Waals surface area contributed by atoms with Crippen LogP contribution in [0.3, 0.4) is 0 Å². The van der Waals surface area contributed by atoms with Crippen LogP contribution in [0.25, 0.3) is 0 Å². The summed E-state index contributed by atoms with van der Waals surface area (Å²) in [6.07, 6.45) is 1.62. The maximum atomic E-state index is 14.0. The Bertz CT molecular complexity index is 1110. The Hall–Kier alpha value is -3.63. The minimum atomic E-state index is -2.84. The Labute approximate surface area is 174 Å². The van der Waals surface area contributed by atoms with Crippen LogP contribution in [0.2, 0.25) is 0 Å². The molecular formula is C26H19F3O. The molecule has 0 aliphatic heterocycles. The zero-order valence-electron chi connectivity index (χ0n) is 16.4. The molecule has 0 aliphatic carbocycles. The normalized spacial score (nSPS) is 10.0. The first-order valence-electron chi connectivity index (χ1n) is 9.51. The highest BCUT2D eigenvalue weighted by Crippen LogP contribution is 2.15. The zero-order chi connectivity index (χ0) is 21.3. The van der Waals surface area contributed by atoms with Crippen molar-refractivity contribution in [2.75, 3.05) is 0 Å². The Balaban J connectivity index is 1.66. The van der Waals surface area contributed by atoms with E-state index in [4.69, 9.17) is 0 Å². The third-order valence-corrected chi connectivity index (χ3v) is 4.24. The van der Waals surface area contributed by atoms with Crippen molar-refractivity contribution in [3.8, 4) is 29.4 Å². The molecule has 150 valence electrons. The molecule has 0 N–H and O–H groups in total. The SMILES string of the molecule is CCCc1ccc(C#Cc2ccc(C#Cc3ccc(OC(F)F)cc3)cc2)cc1F. The summed E-state index contributed by atoms with van der Waals surface area (Å²) in [5, 5.41) is 0. The quantitative estimate of drug-likeness (QED) is 0.472. The summed E-state index contributed by atoms with van der Waals surface area (Å²) < 4.78 is 42.6. The summed E-state index contributed by atoms with van der Waals surface area (Å²) in [5.41, 5.74) is 3.63. The molecule has 0 fully saturated rings. The maximum Gasteiger partial charge on any atom is 0.387 e. The molecule has 0 heterocycles. The smallest absolute Gasteiger partial charge is 0.387 e. The maximum absolute atomic E-state index is 14.0. The Morgan fingerprint density at radius 2 is 1.20 bits per heavy atom. The molecule has 0 atom stereocenters. The second kappa shape index (κ2) is 10.2. The van der Waals surface area contributed by atoms with Gasteiger partial charge in [-0.3, -0.25) is 0 Å². The molecule has 4 heteroatoms. The first kappa shape index (κ1) is 21.1. The van der Waals surface area contributed by atoms with E-state index in [1.807, 2.05) is 37.3 Å². The fraction of sp³-hybridized carbons (Fsp3) is 0.154. The number of rotatable bonds is 4. The molecule has 0 bridgehead atoms. The lowest BCUT2D eigenvalue weighted by molar-refractivity contribution is -0.0498. The Kier molecular flexibility index (Phi) is 7.19. The van der Waals surface area contributed by atoms with Crippen LogP contribution in [0.4, 0.5) is 13.2 Å². The summed E-state index contributed by atoms with van der Waals surface area (Å²) in [5.74, 6) is 11.9. The molecule has 3 aromatic rings. The highest BCUT2D eigenvalue weighted by atomic mass is 19.3. The molecule has 0 saturated carbocycles.